The lowest BCUT2D eigenvalue weighted by Crippen LogP contribution is -2.49. The van der Waals surface area contributed by atoms with E-state index in [2.05, 4.69) is 40.8 Å². The van der Waals surface area contributed by atoms with Gasteiger partial charge in [-0.15, -0.1) is 10.2 Å². The lowest BCUT2D eigenvalue weighted by Gasteiger charge is -2.37. The van der Waals surface area contributed by atoms with E-state index in [9.17, 15) is 29.1 Å². The van der Waals surface area contributed by atoms with E-state index in [0.717, 1.165) is 16.7 Å². The molecule has 0 saturated carbocycles. The number of methoxy groups -OCH3 is 1. The number of morpholine rings is 2. The molecule has 0 spiro atoms. The number of benzene rings is 5. The number of carbonyl (C=O) groups is 5. The first kappa shape index (κ1) is 63.8. The fourth-order valence-corrected chi connectivity index (χ4v) is 11.9. The Morgan fingerprint density at radius 1 is 0.685 bits per heavy atom. The molecular weight excluding hydrogens is 1170 g/mol. The second kappa shape index (κ2) is 29.5. The number of amides is 6. The van der Waals surface area contributed by atoms with Crippen LogP contribution < -0.4 is 35.2 Å². The topological polar surface area (TPSA) is 267 Å². The third-order valence-electron chi connectivity index (χ3n) is 17.0. The Kier molecular flexibility index (Phi) is 20.5. The van der Waals surface area contributed by atoms with Crippen LogP contribution in [0.4, 0.5) is 32.9 Å². The maximum atomic E-state index is 13.7. The van der Waals surface area contributed by atoms with Crippen molar-refractivity contribution in [1.82, 2.24) is 54.6 Å². The Morgan fingerprint density at radius 2 is 1.28 bits per heavy atom. The van der Waals surface area contributed by atoms with Gasteiger partial charge in [0.1, 0.15) is 17.2 Å². The van der Waals surface area contributed by atoms with Crippen molar-refractivity contribution in [3.63, 3.8) is 0 Å². The molecule has 6 heterocycles. The van der Waals surface area contributed by atoms with Crippen LogP contribution in [-0.2, 0) is 27.2 Å². The number of urea groups is 1. The molecule has 4 saturated heterocycles. The number of nitrogens with one attached hydrogen (secondary N) is 3. The summed E-state index contributed by atoms with van der Waals surface area (Å²) < 4.78 is 24.3. The lowest BCUT2D eigenvalue weighted by molar-refractivity contribution is -0.132. The quantitative estimate of drug-likeness (QED) is 0.0604. The summed E-state index contributed by atoms with van der Waals surface area (Å²) in [6.07, 6.45) is 0.886. The SMILES string of the molecule is CCNC(=O)c1nnc(-c2cc(C(C)C)c(O)cc2OC)n1-c1ccc(CN2CCN(C(=O)Cc3ccc(OC(=O)N(CC)C4CCN(C(=O)c5ccc(NC(=O)Nc6ccc(-c7nc(N8CCOCC8)nc(N8CCOCC8)n7)cc6)cc5)CC4)cc3)CC2)cc1. The molecule has 11 rings (SSSR count). The highest BCUT2D eigenvalue weighted by Gasteiger charge is 2.32. The number of phenolic OH excluding ortho intramolecular Hbond substituents is 1. The Balaban J connectivity index is 0.609. The van der Waals surface area contributed by atoms with E-state index in [1.807, 2.05) is 87.2 Å². The third kappa shape index (κ3) is 15.2. The average molecular weight is 1250 g/mol. The van der Waals surface area contributed by atoms with Crippen molar-refractivity contribution in [1.29, 1.82) is 0 Å². The molecule has 0 bridgehead atoms. The van der Waals surface area contributed by atoms with Gasteiger partial charge in [0.2, 0.25) is 23.6 Å². The molecule has 92 heavy (non-hydrogen) atoms. The molecule has 25 nitrogen and oxygen atoms in total. The standard InChI is InChI=1S/C67H79N15O10/c1-6-68-62(85)61-75-74-60(55-41-54(44(3)4)56(83)42-57(55)89-5)82(61)52-20-8-46(9-21-52)43-76-28-30-77(31-29-76)58(84)40-45-10-22-53(23-11-45)92-67(88)81(7-2)51-24-26-78(27-25-51)63(86)48-14-18-50(19-15-48)70-66(87)69-49-16-12-47(13-17-49)59-71-64(79-32-36-90-37-33-79)73-65(72-59)80-34-38-91-39-35-80/h8-23,41-42,44,51,83H,6-7,24-40,43H2,1-5H3,(H,68,85)(H2,69,70,87). The summed E-state index contributed by atoms with van der Waals surface area (Å²) in [7, 11) is 1.52. The van der Waals surface area contributed by atoms with Crippen molar-refractivity contribution >= 4 is 53.1 Å². The van der Waals surface area contributed by atoms with E-state index in [1.54, 1.807) is 69.0 Å². The molecule has 4 aliphatic rings. The van der Waals surface area contributed by atoms with E-state index in [0.29, 0.717) is 193 Å². The fourth-order valence-electron chi connectivity index (χ4n) is 11.9. The van der Waals surface area contributed by atoms with Gasteiger partial charge in [-0.05, 0) is 128 Å². The number of carbonyl (C=O) groups excluding carboxylic acids is 5. The number of nitrogens with zero attached hydrogens (tertiary/aromatic N) is 12. The molecule has 0 aliphatic carbocycles. The lowest BCUT2D eigenvalue weighted by atomic mass is 9.98. The Bertz CT molecular complexity index is 3670. The fraction of sp³-hybridized carbons (Fsp3) is 0.403. The number of phenols is 1. The summed E-state index contributed by atoms with van der Waals surface area (Å²) in [4.78, 5) is 93.5. The molecule has 4 N–H and O–H groups in total. The summed E-state index contributed by atoms with van der Waals surface area (Å²) in [5, 5.41) is 28.0. The predicted molar refractivity (Wildman–Crippen MR) is 347 cm³/mol. The number of hydrogen-bond donors (Lipinski definition) is 4. The molecule has 5 aromatic carbocycles. The molecule has 0 radical (unpaired) electrons. The van der Waals surface area contributed by atoms with Gasteiger partial charge in [0.05, 0.1) is 45.5 Å². The van der Waals surface area contributed by atoms with Gasteiger partial charge >= 0.3 is 12.1 Å². The van der Waals surface area contributed by atoms with Gasteiger partial charge in [0, 0.05) is 125 Å². The van der Waals surface area contributed by atoms with Gasteiger partial charge in [0.25, 0.3) is 11.8 Å². The van der Waals surface area contributed by atoms with Crippen molar-refractivity contribution in [3.05, 3.63) is 137 Å². The van der Waals surface area contributed by atoms with Crippen LogP contribution in [-0.4, -0.2) is 202 Å². The Labute approximate surface area is 534 Å². The molecule has 0 atom stereocenters. The minimum absolute atomic E-state index is 0.0136. The van der Waals surface area contributed by atoms with Crippen LogP contribution in [0.3, 0.4) is 0 Å². The van der Waals surface area contributed by atoms with Gasteiger partial charge in [-0.2, -0.15) is 15.0 Å². The number of likely N-dealkylation sites (tertiary alicyclic amines) is 1. The largest absolute Gasteiger partial charge is 0.508 e. The third-order valence-corrected chi connectivity index (χ3v) is 17.0. The minimum Gasteiger partial charge on any atom is -0.508 e. The number of hydrogen-bond acceptors (Lipinski definition) is 18. The zero-order valence-corrected chi connectivity index (χ0v) is 52.7. The molecular formula is C67H79N15O10. The first-order chi connectivity index (χ1) is 44.7. The predicted octanol–water partition coefficient (Wildman–Crippen LogP) is 7.70. The second-order valence-electron chi connectivity index (χ2n) is 23.3. The highest BCUT2D eigenvalue weighted by atomic mass is 16.6. The highest BCUT2D eigenvalue weighted by molar-refractivity contribution is 6.01. The van der Waals surface area contributed by atoms with Crippen LogP contribution in [0.2, 0.25) is 0 Å². The molecule has 2 aromatic heterocycles. The van der Waals surface area contributed by atoms with Crippen LogP contribution in [0.5, 0.6) is 17.2 Å². The number of piperazine rings is 1. The van der Waals surface area contributed by atoms with Crippen molar-refractivity contribution < 1.29 is 48.0 Å². The van der Waals surface area contributed by atoms with Crippen LogP contribution >= 0.6 is 0 Å². The van der Waals surface area contributed by atoms with Crippen LogP contribution in [0, 0.1) is 0 Å². The molecule has 7 aromatic rings. The maximum absolute atomic E-state index is 13.7. The first-order valence-electron chi connectivity index (χ1n) is 31.5. The van der Waals surface area contributed by atoms with Crippen molar-refractivity contribution in [2.45, 2.75) is 65.5 Å². The zero-order valence-electron chi connectivity index (χ0n) is 52.7. The van der Waals surface area contributed by atoms with Crippen LogP contribution in [0.25, 0.3) is 28.5 Å². The summed E-state index contributed by atoms with van der Waals surface area (Å²) >= 11 is 0. The van der Waals surface area contributed by atoms with Crippen molar-refractivity contribution in [2.75, 3.05) is 133 Å². The monoisotopic (exact) mass is 1250 g/mol. The number of ether oxygens (including phenoxy) is 4. The van der Waals surface area contributed by atoms with Crippen molar-refractivity contribution in [2.24, 2.45) is 0 Å². The molecule has 4 aliphatic heterocycles. The number of aromatic nitrogens is 6. The van der Waals surface area contributed by atoms with Crippen LogP contribution in [0.15, 0.2) is 109 Å². The molecule has 6 amide bonds. The van der Waals surface area contributed by atoms with Gasteiger partial charge in [0.15, 0.2) is 11.6 Å². The first-order valence-corrected chi connectivity index (χ1v) is 31.5. The second-order valence-corrected chi connectivity index (χ2v) is 23.3. The van der Waals surface area contributed by atoms with Gasteiger partial charge in [-0.25, -0.2) is 9.59 Å². The zero-order chi connectivity index (χ0) is 64.3. The number of piperidine rings is 1. The minimum atomic E-state index is -0.475. The average Bonchev–Trinajstić information content (AvgIpc) is 1.59. The summed E-state index contributed by atoms with van der Waals surface area (Å²) in [5.74, 6) is 2.66. The van der Waals surface area contributed by atoms with E-state index in [-0.39, 0.29) is 47.7 Å². The van der Waals surface area contributed by atoms with Gasteiger partial charge < -0.3 is 64.5 Å². The summed E-state index contributed by atoms with van der Waals surface area (Å²) in [5.41, 5.74) is 6.20. The summed E-state index contributed by atoms with van der Waals surface area (Å²) in [6.45, 7) is 17.8. The highest BCUT2D eigenvalue weighted by Crippen LogP contribution is 2.39. The van der Waals surface area contributed by atoms with Gasteiger partial charge in [-0.3, -0.25) is 23.9 Å². The molecule has 482 valence electrons. The van der Waals surface area contributed by atoms with Crippen LogP contribution in [0.1, 0.15) is 84.1 Å². The Morgan fingerprint density at radius 3 is 1.86 bits per heavy atom. The van der Waals surface area contributed by atoms with E-state index in [4.69, 9.17) is 33.9 Å². The smallest absolute Gasteiger partial charge is 0.415 e. The molecule has 4 fully saturated rings. The Hall–Kier alpha value is -9.72. The number of anilines is 4. The molecule has 0 unspecified atom stereocenters. The van der Waals surface area contributed by atoms with E-state index in [1.165, 1.54) is 7.11 Å². The van der Waals surface area contributed by atoms with Gasteiger partial charge in [-0.1, -0.05) is 38.1 Å². The van der Waals surface area contributed by atoms with E-state index < -0.39 is 12.1 Å². The summed E-state index contributed by atoms with van der Waals surface area (Å²) in [6, 6.07) is 31.9. The van der Waals surface area contributed by atoms with E-state index >= 15 is 0 Å². The number of aromatic hydroxyl groups is 1. The number of rotatable bonds is 19. The molecule has 25 heteroatoms. The maximum Gasteiger partial charge on any atom is 0.415 e. The van der Waals surface area contributed by atoms with Crippen molar-refractivity contribution in [3.8, 4) is 45.7 Å². The normalized spacial score (nSPS) is 15.7.